The van der Waals surface area contributed by atoms with E-state index in [1.807, 2.05) is 12.1 Å². The predicted molar refractivity (Wildman–Crippen MR) is 126 cm³/mol. The number of amides is 1. The Morgan fingerprint density at radius 1 is 0.969 bits per heavy atom. The van der Waals surface area contributed by atoms with Crippen LogP contribution in [0, 0.1) is 11.6 Å². The topological polar surface area (TPSA) is 45.6 Å². The fourth-order valence-electron chi connectivity index (χ4n) is 3.07. The maximum atomic E-state index is 13.6. The summed E-state index contributed by atoms with van der Waals surface area (Å²) in [5.41, 5.74) is 2.70. The zero-order chi connectivity index (χ0) is 22.9. The van der Waals surface area contributed by atoms with E-state index in [-0.39, 0.29) is 23.0 Å². The monoisotopic (exact) mass is 449 g/mol. The molecular formula is C25H21F2N3OS. The van der Waals surface area contributed by atoms with Crippen LogP contribution >= 0.6 is 11.3 Å². The first kappa shape index (κ1) is 21.8. The lowest BCUT2D eigenvalue weighted by Gasteiger charge is -2.19. The van der Waals surface area contributed by atoms with Gasteiger partial charge in [-0.15, -0.1) is 0 Å². The molecule has 0 N–H and O–H groups in total. The van der Waals surface area contributed by atoms with Gasteiger partial charge in [0.25, 0.3) is 5.91 Å². The molecule has 32 heavy (non-hydrogen) atoms. The molecule has 4 rings (SSSR count). The van der Waals surface area contributed by atoms with Gasteiger partial charge >= 0.3 is 0 Å². The van der Waals surface area contributed by atoms with Gasteiger partial charge in [-0.1, -0.05) is 56.4 Å². The first-order valence-electron chi connectivity index (χ1n) is 10.0. The fourth-order valence-corrected chi connectivity index (χ4v) is 4.02. The third kappa shape index (κ3) is 4.73. The summed E-state index contributed by atoms with van der Waals surface area (Å²) in [5, 5.41) is 5.86. The Morgan fingerprint density at radius 3 is 2.28 bits per heavy atom. The quantitative estimate of drug-likeness (QED) is 0.262. The summed E-state index contributed by atoms with van der Waals surface area (Å²) in [4.78, 5) is 17.8. The van der Waals surface area contributed by atoms with Crippen LogP contribution in [0.25, 0.3) is 10.2 Å². The number of aromatic nitrogens is 1. The average Bonchev–Trinajstić information content (AvgIpc) is 3.17. The van der Waals surface area contributed by atoms with E-state index in [1.165, 1.54) is 46.8 Å². The van der Waals surface area contributed by atoms with Crippen molar-refractivity contribution in [2.75, 3.05) is 5.01 Å². The standard InChI is InChI=1S/C25H21F2N3OS/c1-25(2,3)18-8-6-17(7-9-18)23(31)30(28-15-16-4-10-19(26)11-5-16)24-29-21-13-12-20(27)14-22(21)32-24/h4-15H,1-3H3/b28-15+. The molecule has 0 aliphatic rings. The molecule has 0 saturated heterocycles. The van der Waals surface area contributed by atoms with Gasteiger partial charge in [-0.2, -0.15) is 10.1 Å². The van der Waals surface area contributed by atoms with Crippen LogP contribution in [0.3, 0.4) is 0 Å². The maximum absolute atomic E-state index is 13.6. The number of hydrogen-bond donors (Lipinski definition) is 0. The summed E-state index contributed by atoms with van der Waals surface area (Å²) in [6.07, 6.45) is 1.47. The fraction of sp³-hybridized carbons (Fsp3) is 0.160. The van der Waals surface area contributed by atoms with Gasteiger partial charge in [0.2, 0.25) is 5.13 Å². The normalized spacial score (nSPS) is 11.9. The van der Waals surface area contributed by atoms with Gasteiger partial charge in [-0.05, 0) is 59.0 Å². The van der Waals surface area contributed by atoms with E-state index in [1.54, 1.807) is 30.3 Å². The smallest absolute Gasteiger partial charge is 0.267 e. The number of halogens is 2. The minimum Gasteiger partial charge on any atom is -0.267 e. The number of hydrazone groups is 1. The van der Waals surface area contributed by atoms with Crippen molar-refractivity contribution in [1.82, 2.24) is 4.98 Å². The summed E-state index contributed by atoms with van der Waals surface area (Å²) in [6.45, 7) is 6.30. The molecule has 0 spiro atoms. The largest absolute Gasteiger partial charge is 0.280 e. The number of fused-ring (bicyclic) bond motifs is 1. The van der Waals surface area contributed by atoms with Crippen LogP contribution in [0.1, 0.15) is 42.3 Å². The first-order chi connectivity index (χ1) is 15.2. The van der Waals surface area contributed by atoms with Crippen LogP contribution in [-0.2, 0) is 5.41 Å². The van der Waals surface area contributed by atoms with Crippen molar-refractivity contribution in [3.63, 3.8) is 0 Å². The van der Waals surface area contributed by atoms with Crippen molar-refractivity contribution in [2.45, 2.75) is 26.2 Å². The zero-order valence-electron chi connectivity index (χ0n) is 17.8. The van der Waals surface area contributed by atoms with Crippen LogP contribution in [0.5, 0.6) is 0 Å². The molecule has 1 amide bonds. The van der Waals surface area contributed by atoms with Crippen molar-refractivity contribution in [3.05, 3.63) is 95.1 Å². The van der Waals surface area contributed by atoms with Crippen LogP contribution < -0.4 is 5.01 Å². The molecule has 0 aliphatic heterocycles. The summed E-state index contributed by atoms with van der Waals surface area (Å²) in [7, 11) is 0. The minimum absolute atomic E-state index is 0.0426. The molecule has 7 heteroatoms. The number of benzene rings is 3. The number of hydrogen-bond acceptors (Lipinski definition) is 4. The number of nitrogens with zero attached hydrogens (tertiary/aromatic N) is 3. The minimum atomic E-state index is -0.377. The van der Waals surface area contributed by atoms with Gasteiger partial charge in [0.15, 0.2) is 0 Å². The van der Waals surface area contributed by atoms with Crippen molar-refractivity contribution in [2.24, 2.45) is 5.10 Å². The molecule has 4 nitrogen and oxygen atoms in total. The molecular weight excluding hydrogens is 428 g/mol. The Bertz CT molecular complexity index is 1290. The van der Waals surface area contributed by atoms with Crippen molar-refractivity contribution in [3.8, 4) is 0 Å². The number of thiazole rings is 1. The molecule has 0 bridgehead atoms. The van der Waals surface area contributed by atoms with E-state index in [4.69, 9.17) is 0 Å². The predicted octanol–water partition coefficient (Wildman–Crippen LogP) is 6.55. The second-order valence-corrected chi connectivity index (χ2v) is 9.36. The van der Waals surface area contributed by atoms with Gasteiger partial charge < -0.3 is 0 Å². The Balaban J connectivity index is 1.73. The summed E-state index contributed by atoms with van der Waals surface area (Å²) in [5.74, 6) is -1.11. The average molecular weight is 450 g/mol. The molecule has 1 heterocycles. The molecule has 3 aromatic carbocycles. The molecule has 0 aliphatic carbocycles. The van der Waals surface area contributed by atoms with Gasteiger partial charge in [0.05, 0.1) is 16.4 Å². The molecule has 1 aromatic heterocycles. The lowest BCUT2D eigenvalue weighted by atomic mass is 9.87. The summed E-state index contributed by atoms with van der Waals surface area (Å²) < 4.78 is 27.5. The number of carbonyl (C=O) groups is 1. The number of carbonyl (C=O) groups excluding carboxylic acids is 1. The summed E-state index contributed by atoms with van der Waals surface area (Å²) >= 11 is 1.17. The Morgan fingerprint density at radius 2 is 1.62 bits per heavy atom. The lowest BCUT2D eigenvalue weighted by molar-refractivity contribution is 0.0988. The highest BCUT2D eigenvalue weighted by Crippen LogP contribution is 2.31. The van der Waals surface area contributed by atoms with Crippen LogP contribution in [0.4, 0.5) is 13.9 Å². The molecule has 0 unspecified atom stereocenters. The molecule has 0 saturated carbocycles. The van der Waals surface area contributed by atoms with Crippen molar-refractivity contribution >= 4 is 38.8 Å². The maximum Gasteiger partial charge on any atom is 0.280 e. The van der Waals surface area contributed by atoms with Crippen LogP contribution in [0.15, 0.2) is 71.8 Å². The second kappa shape index (κ2) is 8.59. The third-order valence-corrected chi connectivity index (χ3v) is 5.90. The van der Waals surface area contributed by atoms with Crippen LogP contribution in [-0.4, -0.2) is 17.1 Å². The van der Waals surface area contributed by atoms with E-state index >= 15 is 0 Å². The Labute approximate surface area is 188 Å². The number of anilines is 1. The number of rotatable bonds is 4. The molecule has 4 aromatic rings. The SMILES string of the molecule is CC(C)(C)c1ccc(C(=O)N(/N=C/c2ccc(F)cc2)c2nc3ccc(F)cc3s2)cc1. The molecule has 0 fully saturated rings. The van der Waals surface area contributed by atoms with E-state index < -0.39 is 0 Å². The molecule has 0 atom stereocenters. The van der Waals surface area contributed by atoms with Crippen molar-refractivity contribution < 1.29 is 13.6 Å². The van der Waals surface area contributed by atoms with E-state index in [0.29, 0.717) is 26.5 Å². The zero-order valence-corrected chi connectivity index (χ0v) is 18.7. The summed E-state index contributed by atoms with van der Waals surface area (Å²) in [6, 6.07) is 17.4. The van der Waals surface area contributed by atoms with Gasteiger partial charge in [-0.3, -0.25) is 4.79 Å². The first-order valence-corrected chi connectivity index (χ1v) is 10.8. The van der Waals surface area contributed by atoms with E-state index in [9.17, 15) is 13.6 Å². The molecule has 162 valence electrons. The lowest BCUT2D eigenvalue weighted by Crippen LogP contribution is -2.25. The Kier molecular flexibility index (Phi) is 5.84. The second-order valence-electron chi connectivity index (χ2n) is 8.35. The molecule has 0 radical (unpaired) electrons. The highest BCUT2D eigenvalue weighted by molar-refractivity contribution is 7.22. The highest BCUT2D eigenvalue weighted by Gasteiger charge is 2.22. The van der Waals surface area contributed by atoms with E-state index in [0.717, 1.165) is 5.56 Å². The van der Waals surface area contributed by atoms with Gasteiger partial charge in [0, 0.05) is 5.56 Å². The highest BCUT2D eigenvalue weighted by atomic mass is 32.1. The van der Waals surface area contributed by atoms with Gasteiger partial charge in [-0.25, -0.2) is 13.8 Å². The third-order valence-electron chi connectivity index (χ3n) is 4.90. The van der Waals surface area contributed by atoms with E-state index in [2.05, 4.69) is 30.9 Å². The Hall–Kier alpha value is -3.45. The van der Waals surface area contributed by atoms with Crippen LogP contribution in [0.2, 0.25) is 0 Å². The van der Waals surface area contributed by atoms with Crippen molar-refractivity contribution in [1.29, 1.82) is 0 Å². The van der Waals surface area contributed by atoms with Gasteiger partial charge in [0.1, 0.15) is 11.6 Å².